The summed E-state index contributed by atoms with van der Waals surface area (Å²) < 4.78 is 15.8. The van der Waals surface area contributed by atoms with Crippen LogP contribution >= 0.6 is 0 Å². The Kier molecular flexibility index (Phi) is 5.68. The molecule has 1 heterocycles. The van der Waals surface area contributed by atoms with Gasteiger partial charge in [0.05, 0.1) is 13.0 Å². The minimum atomic E-state index is -0.101. The van der Waals surface area contributed by atoms with Crippen LogP contribution in [0.15, 0.2) is 0 Å². The van der Waals surface area contributed by atoms with Crippen molar-refractivity contribution in [2.75, 3.05) is 20.3 Å². The number of carbonyl (C=O) groups is 1. The summed E-state index contributed by atoms with van der Waals surface area (Å²) in [5.41, 5.74) is 0. The van der Waals surface area contributed by atoms with Crippen LogP contribution in [0, 0.1) is 23.7 Å². The Morgan fingerprint density at radius 1 is 1.32 bits per heavy atom. The molecule has 3 atom stereocenters. The van der Waals surface area contributed by atoms with Gasteiger partial charge in [0.25, 0.3) is 0 Å². The van der Waals surface area contributed by atoms with Gasteiger partial charge in [0, 0.05) is 12.5 Å². The van der Waals surface area contributed by atoms with Crippen LogP contribution in [0.4, 0.5) is 0 Å². The van der Waals surface area contributed by atoms with E-state index in [9.17, 15) is 4.79 Å². The Balaban J connectivity index is 1.65. The summed E-state index contributed by atoms with van der Waals surface area (Å²) in [6.45, 7) is 1.21. The van der Waals surface area contributed by atoms with Crippen LogP contribution in [0.25, 0.3) is 0 Å². The Morgan fingerprint density at radius 2 is 2.21 bits per heavy atom. The summed E-state index contributed by atoms with van der Waals surface area (Å²) in [5.74, 6) is 6.48. The molecule has 3 unspecified atom stereocenters. The molecule has 4 heteroatoms. The van der Waals surface area contributed by atoms with Crippen LogP contribution < -0.4 is 0 Å². The number of esters is 1. The maximum absolute atomic E-state index is 11.4. The molecule has 2 rings (SSSR count). The van der Waals surface area contributed by atoms with Crippen LogP contribution in [0.2, 0.25) is 0 Å². The first-order chi connectivity index (χ1) is 9.29. The smallest absolute Gasteiger partial charge is 0.308 e. The van der Waals surface area contributed by atoms with Crippen molar-refractivity contribution >= 4 is 5.97 Å². The highest BCUT2D eigenvalue weighted by Gasteiger charge is 2.29. The van der Waals surface area contributed by atoms with Crippen LogP contribution in [0.3, 0.4) is 0 Å². The van der Waals surface area contributed by atoms with E-state index >= 15 is 0 Å². The molecular formula is C15H22O4. The third kappa shape index (κ3) is 4.52. The van der Waals surface area contributed by atoms with Crippen molar-refractivity contribution in [3.8, 4) is 11.8 Å². The average molecular weight is 266 g/mol. The standard InChI is InChI=1S/C15H22O4/c1-17-15(16)13-8-7-12(11-13)5-4-10-19-14-6-2-3-9-18-14/h12-14H,2-3,6-11H2,1H3. The van der Waals surface area contributed by atoms with Gasteiger partial charge in [-0.3, -0.25) is 4.79 Å². The molecule has 1 aliphatic heterocycles. The molecule has 2 aliphatic rings. The summed E-state index contributed by atoms with van der Waals surface area (Å²) >= 11 is 0. The summed E-state index contributed by atoms with van der Waals surface area (Å²) in [6.07, 6.45) is 5.87. The van der Waals surface area contributed by atoms with Gasteiger partial charge in [-0.2, -0.15) is 0 Å². The highest BCUT2D eigenvalue weighted by Crippen LogP contribution is 2.31. The molecule has 1 saturated heterocycles. The molecule has 0 aromatic heterocycles. The van der Waals surface area contributed by atoms with E-state index in [-0.39, 0.29) is 18.2 Å². The number of rotatable bonds is 3. The third-order valence-corrected chi connectivity index (χ3v) is 3.75. The minimum Gasteiger partial charge on any atom is -0.469 e. The van der Waals surface area contributed by atoms with Gasteiger partial charge in [0.1, 0.15) is 6.61 Å². The topological polar surface area (TPSA) is 44.8 Å². The highest BCUT2D eigenvalue weighted by atomic mass is 16.7. The van der Waals surface area contributed by atoms with Crippen molar-refractivity contribution < 1.29 is 19.0 Å². The van der Waals surface area contributed by atoms with Crippen molar-refractivity contribution in [1.82, 2.24) is 0 Å². The maximum Gasteiger partial charge on any atom is 0.308 e. The monoisotopic (exact) mass is 266 g/mol. The lowest BCUT2D eigenvalue weighted by atomic mass is 10.1. The van der Waals surface area contributed by atoms with Gasteiger partial charge in [-0.05, 0) is 38.5 Å². The Bertz CT molecular complexity index is 349. The number of carbonyl (C=O) groups excluding carboxylic acids is 1. The van der Waals surface area contributed by atoms with Gasteiger partial charge >= 0.3 is 5.97 Å². The summed E-state index contributed by atoms with van der Waals surface area (Å²) in [5, 5.41) is 0. The second kappa shape index (κ2) is 7.52. The molecule has 0 amide bonds. The molecule has 0 spiro atoms. The predicted octanol–water partition coefficient (Wildman–Crippen LogP) is 2.12. The molecule has 1 aliphatic carbocycles. The fourth-order valence-electron chi connectivity index (χ4n) is 2.66. The van der Waals surface area contributed by atoms with E-state index in [1.54, 1.807) is 0 Å². The zero-order valence-electron chi connectivity index (χ0n) is 11.5. The largest absolute Gasteiger partial charge is 0.469 e. The van der Waals surface area contributed by atoms with Crippen LogP contribution in [0.5, 0.6) is 0 Å². The van der Waals surface area contributed by atoms with Gasteiger partial charge in [-0.25, -0.2) is 0 Å². The van der Waals surface area contributed by atoms with E-state index in [1.165, 1.54) is 13.5 Å². The number of hydrogen-bond acceptors (Lipinski definition) is 4. The molecule has 0 aromatic carbocycles. The first kappa shape index (κ1) is 14.4. The second-order valence-electron chi connectivity index (χ2n) is 5.16. The lowest BCUT2D eigenvalue weighted by Crippen LogP contribution is -2.22. The SMILES string of the molecule is COC(=O)C1CCC(C#CCOC2CCCCO2)C1. The number of hydrogen-bond donors (Lipinski definition) is 0. The van der Waals surface area contributed by atoms with Gasteiger partial charge in [-0.1, -0.05) is 11.8 Å². The zero-order chi connectivity index (χ0) is 13.5. The van der Waals surface area contributed by atoms with E-state index < -0.39 is 0 Å². The van der Waals surface area contributed by atoms with Gasteiger partial charge in [0.2, 0.25) is 0 Å². The first-order valence-corrected chi connectivity index (χ1v) is 7.09. The van der Waals surface area contributed by atoms with Crippen LogP contribution in [-0.2, 0) is 19.0 Å². The van der Waals surface area contributed by atoms with E-state index in [0.29, 0.717) is 12.5 Å². The fraction of sp³-hybridized carbons (Fsp3) is 0.800. The third-order valence-electron chi connectivity index (χ3n) is 3.75. The summed E-state index contributed by atoms with van der Waals surface area (Å²) in [4.78, 5) is 11.4. The Morgan fingerprint density at radius 3 is 2.95 bits per heavy atom. The molecule has 0 radical (unpaired) electrons. The Hall–Kier alpha value is -1.05. The lowest BCUT2D eigenvalue weighted by molar-refractivity contribution is -0.154. The molecule has 0 N–H and O–H groups in total. The van der Waals surface area contributed by atoms with Gasteiger partial charge in [0.15, 0.2) is 6.29 Å². The number of methoxy groups -OCH3 is 1. The van der Waals surface area contributed by atoms with E-state index in [2.05, 4.69) is 11.8 Å². The Labute approximate surface area is 114 Å². The van der Waals surface area contributed by atoms with Crippen molar-refractivity contribution in [3.63, 3.8) is 0 Å². The average Bonchev–Trinajstić information content (AvgIpc) is 2.93. The maximum atomic E-state index is 11.4. The molecule has 0 aromatic rings. The van der Waals surface area contributed by atoms with E-state index in [1.807, 2.05) is 0 Å². The first-order valence-electron chi connectivity index (χ1n) is 7.09. The lowest BCUT2D eigenvalue weighted by Gasteiger charge is -2.21. The second-order valence-corrected chi connectivity index (χ2v) is 5.16. The highest BCUT2D eigenvalue weighted by molar-refractivity contribution is 5.72. The summed E-state index contributed by atoms with van der Waals surface area (Å²) in [7, 11) is 1.44. The van der Waals surface area contributed by atoms with E-state index in [0.717, 1.165) is 38.7 Å². The molecule has 2 fully saturated rings. The molecule has 19 heavy (non-hydrogen) atoms. The van der Waals surface area contributed by atoms with Crippen molar-refractivity contribution in [2.45, 2.75) is 44.8 Å². The van der Waals surface area contributed by atoms with Gasteiger partial charge < -0.3 is 14.2 Å². The molecule has 4 nitrogen and oxygen atoms in total. The predicted molar refractivity (Wildman–Crippen MR) is 70.2 cm³/mol. The van der Waals surface area contributed by atoms with Crippen molar-refractivity contribution in [1.29, 1.82) is 0 Å². The molecule has 0 bridgehead atoms. The normalized spacial score (nSPS) is 30.5. The van der Waals surface area contributed by atoms with Crippen LogP contribution in [0.1, 0.15) is 38.5 Å². The quantitative estimate of drug-likeness (QED) is 0.580. The van der Waals surface area contributed by atoms with Crippen molar-refractivity contribution in [3.05, 3.63) is 0 Å². The van der Waals surface area contributed by atoms with Gasteiger partial charge in [-0.15, -0.1) is 0 Å². The molecule has 1 saturated carbocycles. The van der Waals surface area contributed by atoms with Crippen molar-refractivity contribution in [2.24, 2.45) is 11.8 Å². The van der Waals surface area contributed by atoms with E-state index in [4.69, 9.17) is 14.2 Å². The zero-order valence-corrected chi connectivity index (χ0v) is 11.5. The minimum absolute atomic E-state index is 0.0342. The molecule has 106 valence electrons. The number of ether oxygens (including phenoxy) is 3. The van der Waals surface area contributed by atoms with Crippen LogP contribution in [-0.4, -0.2) is 32.6 Å². The summed E-state index contributed by atoms with van der Waals surface area (Å²) in [6, 6.07) is 0. The molecular weight excluding hydrogens is 244 g/mol. The fourth-order valence-corrected chi connectivity index (χ4v) is 2.66.